The minimum atomic E-state index is -0.468. The van der Waals surface area contributed by atoms with E-state index in [1.165, 1.54) is 13.5 Å². The van der Waals surface area contributed by atoms with Crippen molar-refractivity contribution >= 4 is 11.9 Å². The quantitative estimate of drug-likeness (QED) is 0.800. The zero-order valence-corrected chi connectivity index (χ0v) is 14.0. The average molecular weight is 323 g/mol. The van der Waals surface area contributed by atoms with E-state index in [-0.39, 0.29) is 23.6 Å². The molecule has 0 spiro atoms. The summed E-state index contributed by atoms with van der Waals surface area (Å²) in [5.41, 5.74) is 0.264. The Morgan fingerprint density at radius 2 is 2.17 bits per heavy atom. The van der Waals surface area contributed by atoms with Gasteiger partial charge in [0.15, 0.2) is 12.1 Å². The minimum Gasteiger partial charge on any atom is -0.464 e. The molecule has 0 aromatic carbocycles. The van der Waals surface area contributed by atoms with Crippen LogP contribution in [0.25, 0.3) is 0 Å². The van der Waals surface area contributed by atoms with Crippen LogP contribution >= 0.6 is 0 Å². The van der Waals surface area contributed by atoms with Crippen molar-refractivity contribution in [2.45, 2.75) is 45.1 Å². The summed E-state index contributed by atoms with van der Waals surface area (Å²) in [5, 5.41) is 2.98. The molecule has 1 atom stereocenters. The van der Waals surface area contributed by atoms with Crippen LogP contribution in [0.3, 0.4) is 0 Å². The van der Waals surface area contributed by atoms with Gasteiger partial charge in [-0.2, -0.15) is 0 Å². The topological polar surface area (TPSA) is 84.7 Å². The summed E-state index contributed by atoms with van der Waals surface area (Å²) in [6.07, 6.45) is 3.87. The first kappa shape index (κ1) is 17.5. The number of nitrogens with zero attached hydrogens (tertiary/aromatic N) is 2. The summed E-state index contributed by atoms with van der Waals surface area (Å²) >= 11 is 0. The van der Waals surface area contributed by atoms with E-state index in [0.717, 1.165) is 32.4 Å². The van der Waals surface area contributed by atoms with E-state index in [2.05, 4.69) is 15.2 Å². The molecule has 0 unspecified atom stereocenters. The molecule has 7 nitrogen and oxygen atoms in total. The highest BCUT2D eigenvalue weighted by atomic mass is 16.5. The van der Waals surface area contributed by atoms with Gasteiger partial charge in [-0.3, -0.25) is 9.69 Å². The Balaban J connectivity index is 1.86. The maximum atomic E-state index is 11.9. The Bertz CT molecular complexity index is 535. The number of hydrogen-bond acceptors (Lipinski definition) is 6. The Morgan fingerprint density at radius 3 is 2.78 bits per heavy atom. The number of aromatic nitrogens is 1. The van der Waals surface area contributed by atoms with Gasteiger partial charge in [-0.15, -0.1) is 0 Å². The van der Waals surface area contributed by atoms with Gasteiger partial charge in [0, 0.05) is 12.0 Å². The molecule has 23 heavy (non-hydrogen) atoms. The molecule has 2 heterocycles. The molecule has 1 saturated heterocycles. The van der Waals surface area contributed by atoms with Gasteiger partial charge in [0.1, 0.15) is 5.76 Å². The maximum absolute atomic E-state index is 11.9. The van der Waals surface area contributed by atoms with Gasteiger partial charge in [0.25, 0.3) is 0 Å². The predicted molar refractivity (Wildman–Crippen MR) is 84.2 cm³/mol. The van der Waals surface area contributed by atoms with Crippen molar-refractivity contribution in [2.24, 2.45) is 0 Å². The molecule has 0 bridgehead atoms. The van der Waals surface area contributed by atoms with E-state index in [9.17, 15) is 9.59 Å². The molecule has 1 aromatic rings. The number of rotatable bonds is 6. The molecule has 1 aliphatic heterocycles. The van der Waals surface area contributed by atoms with E-state index >= 15 is 0 Å². The number of ether oxygens (including phenoxy) is 1. The SMILES string of the molecule is CC[C@H](C)NC(=O)CN1CCC(c2ocnc2C(=O)OC)CC1. The van der Waals surface area contributed by atoms with E-state index in [1.807, 2.05) is 13.8 Å². The van der Waals surface area contributed by atoms with Gasteiger partial charge in [-0.05, 0) is 39.3 Å². The smallest absolute Gasteiger partial charge is 0.360 e. The minimum absolute atomic E-state index is 0.0627. The zero-order valence-electron chi connectivity index (χ0n) is 14.0. The fraction of sp³-hybridized carbons (Fsp3) is 0.688. The fourth-order valence-corrected chi connectivity index (χ4v) is 2.77. The summed E-state index contributed by atoms with van der Waals surface area (Å²) in [5.74, 6) is 0.331. The van der Waals surface area contributed by atoms with E-state index in [4.69, 9.17) is 9.15 Å². The molecule has 0 saturated carbocycles. The number of oxazole rings is 1. The lowest BCUT2D eigenvalue weighted by atomic mass is 9.93. The summed E-state index contributed by atoms with van der Waals surface area (Å²) in [7, 11) is 1.33. The van der Waals surface area contributed by atoms with Crippen LogP contribution in [-0.4, -0.2) is 54.5 Å². The van der Waals surface area contributed by atoms with Gasteiger partial charge >= 0.3 is 5.97 Å². The molecule has 128 valence electrons. The molecule has 1 aromatic heterocycles. The molecule has 7 heteroatoms. The molecule has 0 radical (unpaired) electrons. The second-order valence-corrected chi connectivity index (χ2v) is 5.98. The van der Waals surface area contributed by atoms with E-state index in [0.29, 0.717) is 12.3 Å². The summed E-state index contributed by atoms with van der Waals surface area (Å²) in [4.78, 5) is 29.7. The zero-order chi connectivity index (χ0) is 16.8. The van der Waals surface area contributed by atoms with Crippen molar-refractivity contribution in [1.29, 1.82) is 0 Å². The van der Waals surface area contributed by atoms with Crippen molar-refractivity contribution in [2.75, 3.05) is 26.7 Å². The monoisotopic (exact) mass is 323 g/mol. The maximum Gasteiger partial charge on any atom is 0.360 e. The normalized spacial score (nSPS) is 17.7. The molecular weight excluding hydrogens is 298 g/mol. The number of nitrogens with one attached hydrogen (secondary N) is 1. The summed E-state index contributed by atoms with van der Waals surface area (Å²) in [6, 6.07) is 0.205. The Labute approximate surface area is 136 Å². The Hall–Kier alpha value is -1.89. The van der Waals surface area contributed by atoms with Crippen LogP contribution < -0.4 is 5.32 Å². The lowest BCUT2D eigenvalue weighted by molar-refractivity contribution is -0.123. The molecule has 0 aliphatic carbocycles. The molecular formula is C16H25N3O4. The van der Waals surface area contributed by atoms with Crippen molar-refractivity contribution < 1.29 is 18.7 Å². The Morgan fingerprint density at radius 1 is 1.48 bits per heavy atom. The van der Waals surface area contributed by atoms with Crippen LogP contribution in [0.5, 0.6) is 0 Å². The second kappa shape index (κ2) is 8.10. The third kappa shape index (κ3) is 4.54. The highest BCUT2D eigenvalue weighted by Crippen LogP contribution is 2.30. The number of carbonyl (C=O) groups excluding carboxylic acids is 2. The van der Waals surface area contributed by atoms with Gasteiger partial charge in [-0.25, -0.2) is 9.78 Å². The molecule has 1 fully saturated rings. The van der Waals surface area contributed by atoms with Crippen LogP contribution in [0.4, 0.5) is 0 Å². The third-order valence-corrected chi connectivity index (χ3v) is 4.32. The van der Waals surface area contributed by atoms with Gasteiger partial charge in [0.05, 0.1) is 13.7 Å². The largest absolute Gasteiger partial charge is 0.464 e. The fourth-order valence-electron chi connectivity index (χ4n) is 2.77. The summed E-state index contributed by atoms with van der Waals surface area (Å²) < 4.78 is 10.1. The first-order valence-electron chi connectivity index (χ1n) is 8.08. The van der Waals surface area contributed by atoms with Crippen LogP contribution in [0.2, 0.25) is 0 Å². The number of carbonyl (C=O) groups is 2. The van der Waals surface area contributed by atoms with Crippen LogP contribution in [0, 0.1) is 0 Å². The number of likely N-dealkylation sites (tertiary alicyclic amines) is 1. The number of methoxy groups -OCH3 is 1. The van der Waals surface area contributed by atoms with Gasteiger partial charge in [0.2, 0.25) is 5.91 Å². The van der Waals surface area contributed by atoms with Crippen LogP contribution in [0.1, 0.15) is 55.3 Å². The van der Waals surface area contributed by atoms with E-state index in [1.54, 1.807) is 0 Å². The van der Waals surface area contributed by atoms with Crippen molar-refractivity contribution in [3.8, 4) is 0 Å². The number of esters is 1. The standard InChI is InChI=1S/C16H25N3O4/c1-4-11(2)18-13(20)9-19-7-5-12(6-8-19)15-14(16(21)22-3)17-10-23-15/h10-12H,4-9H2,1-3H3,(H,18,20)/t11-/m0/s1. The molecule has 1 amide bonds. The van der Waals surface area contributed by atoms with Crippen molar-refractivity contribution in [3.05, 3.63) is 17.8 Å². The summed E-state index contributed by atoms with van der Waals surface area (Å²) in [6.45, 7) is 6.05. The average Bonchev–Trinajstić information content (AvgIpc) is 3.04. The lowest BCUT2D eigenvalue weighted by Crippen LogP contribution is -2.43. The molecule has 2 rings (SSSR count). The van der Waals surface area contributed by atoms with Crippen molar-refractivity contribution in [3.63, 3.8) is 0 Å². The number of amides is 1. The predicted octanol–water partition coefficient (Wildman–Crippen LogP) is 1.56. The number of piperidine rings is 1. The van der Waals surface area contributed by atoms with Crippen LogP contribution in [-0.2, 0) is 9.53 Å². The highest BCUT2D eigenvalue weighted by Gasteiger charge is 2.29. The molecule has 1 aliphatic rings. The molecule has 1 N–H and O–H groups in total. The van der Waals surface area contributed by atoms with Gasteiger partial charge in [-0.1, -0.05) is 6.92 Å². The number of hydrogen-bond donors (Lipinski definition) is 1. The first-order chi connectivity index (χ1) is 11.0. The van der Waals surface area contributed by atoms with Crippen molar-refractivity contribution in [1.82, 2.24) is 15.2 Å². The highest BCUT2D eigenvalue weighted by molar-refractivity contribution is 5.88. The van der Waals surface area contributed by atoms with Gasteiger partial charge < -0.3 is 14.5 Å². The van der Waals surface area contributed by atoms with Crippen LogP contribution in [0.15, 0.2) is 10.8 Å². The third-order valence-electron chi connectivity index (χ3n) is 4.32. The second-order valence-electron chi connectivity index (χ2n) is 5.98. The lowest BCUT2D eigenvalue weighted by Gasteiger charge is -2.30. The Kier molecular flexibility index (Phi) is 6.15. The first-order valence-corrected chi connectivity index (χ1v) is 8.08. The van der Waals surface area contributed by atoms with E-state index < -0.39 is 5.97 Å².